The minimum Gasteiger partial charge on any atom is -0.321 e. The van der Waals surface area contributed by atoms with Crippen molar-refractivity contribution in [1.82, 2.24) is 9.97 Å². The second kappa shape index (κ2) is 8.21. The van der Waals surface area contributed by atoms with Crippen LogP contribution in [0.15, 0.2) is 48.5 Å². The first-order valence-electron chi connectivity index (χ1n) is 9.46. The predicted octanol–water partition coefficient (Wildman–Crippen LogP) is 5.12. The molecule has 0 aliphatic heterocycles. The van der Waals surface area contributed by atoms with Gasteiger partial charge in [-0.05, 0) is 81.6 Å². The average Bonchev–Trinajstić information content (AvgIpc) is 2.65. The first-order chi connectivity index (χ1) is 13.4. The third kappa shape index (κ3) is 4.36. The van der Waals surface area contributed by atoms with Crippen molar-refractivity contribution in [2.24, 2.45) is 0 Å². The van der Waals surface area contributed by atoms with Crippen LogP contribution < -0.4 is 10.2 Å². The molecule has 3 aromatic rings. The molecule has 1 aromatic heterocycles. The fourth-order valence-corrected chi connectivity index (χ4v) is 3.04. The molecule has 0 saturated carbocycles. The molecule has 144 valence electrons. The van der Waals surface area contributed by atoms with Crippen LogP contribution in [0.5, 0.6) is 0 Å². The van der Waals surface area contributed by atoms with Gasteiger partial charge in [0.2, 0.25) is 5.95 Å². The molecular weight excluding hydrogens is 348 g/mol. The number of amides is 1. The molecule has 0 aliphatic rings. The predicted molar refractivity (Wildman–Crippen MR) is 114 cm³/mol. The molecule has 28 heavy (non-hydrogen) atoms. The first-order valence-corrected chi connectivity index (χ1v) is 9.46. The topological polar surface area (TPSA) is 58.1 Å². The van der Waals surface area contributed by atoms with Crippen molar-refractivity contribution in [1.29, 1.82) is 0 Å². The highest BCUT2D eigenvalue weighted by atomic mass is 16.1. The van der Waals surface area contributed by atoms with Crippen LogP contribution in [-0.2, 0) is 0 Å². The number of carbonyl (C=O) groups excluding carboxylic acids is 1. The van der Waals surface area contributed by atoms with Gasteiger partial charge in [0.25, 0.3) is 5.91 Å². The maximum absolute atomic E-state index is 12.8. The first kappa shape index (κ1) is 19.5. The van der Waals surface area contributed by atoms with Crippen LogP contribution in [0.3, 0.4) is 0 Å². The summed E-state index contributed by atoms with van der Waals surface area (Å²) in [4.78, 5) is 23.9. The van der Waals surface area contributed by atoms with Gasteiger partial charge in [-0.2, -0.15) is 0 Å². The zero-order chi connectivity index (χ0) is 20.3. The summed E-state index contributed by atoms with van der Waals surface area (Å²) in [6.45, 7) is 10.7. The Bertz CT molecular complexity index is 1010. The lowest BCUT2D eigenvalue weighted by molar-refractivity contribution is 0.102. The van der Waals surface area contributed by atoms with Gasteiger partial charge in [0, 0.05) is 23.6 Å². The van der Waals surface area contributed by atoms with Gasteiger partial charge in [0.15, 0.2) is 0 Å². The van der Waals surface area contributed by atoms with Crippen LogP contribution in [0.25, 0.3) is 0 Å². The molecule has 5 heteroatoms. The van der Waals surface area contributed by atoms with Crippen molar-refractivity contribution in [3.05, 3.63) is 76.6 Å². The van der Waals surface area contributed by atoms with E-state index in [1.807, 2.05) is 62.9 Å². The van der Waals surface area contributed by atoms with Crippen LogP contribution in [0.1, 0.15) is 39.8 Å². The Kier molecular flexibility index (Phi) is 5.73. The Balaban J connectivity index is 1.91. The monoisotopic (exact) mass is 374 g/mol. The maximum atomic E-state index is 12.8. The third-order valence-electron chi connectivity index (χ3n) is 4.71. The molecule has 0 bridgehead atoms. The molecule has 0 unspecified atom stereocenters. The van der Waals surface area contributed by atoms with E-state index in [-0.39, 0.29) is 5.91 Å². The van der Waals surface area contributed by atoms with Crippen molar-refractivity contribution in [3.63, 3.8) is 0 Å². The number of hydrogen-bond donors (Lipinski definition) is 1. The van der Waals surface area contributed by atoms with Gasteiger partial charge in [-0.15, -0.1) is 0 Å². The number of hydrogen-bond acceptors (Lipinski definition) is 4. The number of rotatable bonds is 5. The molecular formula is C23H26N4O. The van der Waals surface area contributed by atoms with E-state index in [4.69, 9.17) is 0 Å². The minimum atomic E-state index is -0.240. The molecule has 1 N–H and O–H groups in total. The maximum Gasteiger partial charge on any atom is 0.274 e. The normalized spacial score (nSPS) is 10.6. The number of carbonyl (C=O) groups is 1. The highest BCUT2D eigenvalue weighted by molar-refractivity contribution is 6.03. The summed E-state index contributed by atoms with van der Waals surface area (Å²) < 4.78 is 0. The quantitative estimate of drug-likeness (QED) is 0.673. The zero-order valence-corrected chi connectivity index (χ0v) is 17.1. The van der Waals surface area contributed by atoms with Gasteiger partial charge in [0.05, 0.1) is 0 Å². The third-order valence-corrected chi connectivity index (χ3v) is 4.71. The lowest BCUT2D eigenvalue weighted by atomic mass is 10.1. The van der Waals surface area contributed by atoms with Crippen LogP contribution in [0, 0.1) is 27.7 Å². The zero-order valence-electron chi connectivity index (χ0n) is 17.1. The molecule has 3 rings (SSSR count). The molecule has 0 fully saturated rings. The smallest absolute Gasteiger partial charge is 0.274 e. The lowest BCUT2D eigenvalue weighted by Crippen LogP contribution is -2.22. The number of aromatic nitrogens is 2. The molecule has 1 amide bonds. The second-order valence-electron chi connectivity index (χ2n) is 7.03. The Morgan fingerprint density at radius 3 is 2.43 bits per heavy atom. The van der Waals surface area contributed by atoms with Crippen LogP contribution in [0.2, 0.25) is 0 Å². The Labute approximate surface area is 166 Å². The summed E-state index contributed by atoms with van der Waals surface area (Å²) in [5, 5.41) is 2.94. The van der Waals surface area contributed by atoms with Gasteiger partial charge in [-0.1, -0.05) is 18.2 Å². The van der Waals surface area contributed by atoms with Crippen molar-refractivity contribution in [3.8, 4) is 0 Å². The van der Waals surface area contributed by atoms with E-state index < -0.39 is 0 Å². The summed E-state index contributed by atoms with van der Waals surface area (Å²) in [5.74, 6) is 0.286. The summed E-state index contributed by atoms with van der Waals surface area (Å²) in [5.41, 5.74) is 6.36. The Morgan fingerprint density at radius 1 is 0.964 bits per heavy atom. The summed E-state index contributed by atoms with van der Waals surface area (Å²) in [6, 6.07) is 15.8. The SMILES string of the molecule is CCN(c1cccc(C)c1)c1nc(C)cc(C(=O)Nc2ccc(C)c(C)c2)n1. The molecule has 0 saturated heterocycles. The molecule has 1 heterocycles. The van der Waals surface area contributed by atoms with E-state index in [1.165, 1.54) is 5.56 Å². The highest BCUT2D eigenvalue weighted by Crippen LogP contribution is 2.24. The average molecular weight is 374 g/mol. The van der Waals surface area contributed by atoms with Crippen LogP contribution in [-0.4, -0.2) is 22.4 Å². The summed E-state index contributed by atoms with van der Waals surface area (Å²) in [7, 11) is 0. The molecule has 5 nitrogen and oxygen atoms in total. The minimum absolute atomic E-state index is 0.240. The van der Waals surface area contributed by atoms with Crippen LogP contribution in [0.4, 0.5) is 17.3 Å². The number of nitrogens with zero attached hydrogens (tertiary/aromatic N) is 3. The number of aryl methyl sites for hydroxylation is 4. The lowest BCUT2D eigenvalue weighted by Gasteiger charge is -2.22. The molecule has 2 aromatic carbocycles. The fourth-order valence-electron chi connectivity index (χ4n) is 3.04. The van der Waals surface area contributed by atoms with E-state index in [2.05, 4.69) is 34.3 Å². The van der Waals surface area contributed by atoms with E-state index in [9.17, 15) is 4.79 Å². The van der Waals surface area contributed by atoms with Crippen molar-refractivity contribution < 1.29 is 4.79 Å². The standard InChI is InChI=1S/C23H26N4O/c1-6-27(20-9-7-8-15(2)12-20)23-24-18(5)14-21(26-23)22(28)25-19-11-10-16(3)17(4)13-19/h7-14H,6H2,1-5H3,(H,25,28). The van der Waals surface area contributed by atoms with E-state index in [0.717, 1.165) is 28.2 Å². The summed E-state index contributed by atoms with van der Waals surface area (Å²) in [6.07, 6.45) is 0. The number of anilines is 3. The van der Waals surface area contributed by atoms with E-state index in [0.29, 0.717) is 18.2 Å². The van der Waals surface area contributed by atoms with Gasteiger partial charge in [-0.25, -0.2) is 9.97 Å². The molecule has 0 spiro atoms. The van der Waals surface area contributed by atoms with E-state index >= 15 is 0 Å². The summed E-state index contributed by atoms with van der Waals surface area (Å²) >= 11 is 0. The van der Waals surface area contributed by atoms with Gasteiger partial charge >= 0.3 is 0 Å². The molecule has 0 aliphatic carbocycles. The highest BCUT2D eigenvalue weighted by Gasteiger charge is 2.16. The largest absolute Gasteiger partial charge is 0.321 e. The fraction of sp³-hybridized carbons (Fsp3) is 0.261. The van der Waals surface area contributed by atoms with Gasteiger partial charge < -0.3 is 10.2 Å². The molecule has 0 atom stereocenters. The Hall–Kier alpha value is -3.21. The number of nitrogens with one attached hydrogen (secondary N) is 1. The van der Waals surface area contributed by atoms with E-state index in [1.54, 1.807) is 6.07 Å². The number of benzene rings is 2. The molecule has 0 radical (unpaired) electrons. The second-order valence-corrected chi connectivity index (χ2v) is 7.03. The van der Waals surface area contributed by atoms with Crippen molar-refractivity contribution >= 4 is 23.2 Å². The van der Waals surface area contributed by atoms with Crippen molar-refractivity contribution in [2.75, 3.05) is 16.8 Å². The van der Waals surface area contributed by atoms with Gasteiger partial charge in [0.1, 0.15) is 5.69 Å². The van der Waals surface area contributed by atoms with Crippen LogP contribution >= 0.6 is 0 Å². The van der Waals surface area contributed by atoms with Gasteiger partial charge in [-0.3, -0.25) is 4.79 Å². The van der Waals surface area contributed by atoms with Crippen molar-refractivity contribution in [2.45, 2.75) is 34.6 Å². The Morgan fingerprint density at radius 2 is 1.75 bits per heavy atom.